The number of ketones is 1. The SMILES string of the molecule is Cc1ccc(C(=O)c2oc3ccccc3c2NC(=O)c2nn3ccccc3c2Cl)cc1. The number of aromatic nitrogens is 2. The Morgan fingerprint density at radius 3 is 2.52 bits per heavy atom. The second-order valence-corrected chi connectivity index (χ2v) is 7.52. The molecule has 0 atom stereocenters. The fraction of sp³-hybridized carbons (Fsp3) is 0.0417. The minimum atomic E-state index is -0.529. The molecule has 31 heavy (non-hydrogen) atoms. The van der Waals surface area contributed by atoms with Crippen molar-refractivity contribution in [2.75, 3.05) is 5.32 Å². The summed E-state index contributed by atoms with van der Waals surface area (Å²) in [5, 5.41) is 7.92. The summed E-state index contributed by atoms with van der Waals surface area (Å²) >= 11 is 6.39. The van der Waals surface area contributed by atoms with Crippen LogP contribution in [-0.2, 0) is 0 Å². The Morgan fingerprint density at radius 1 is 1.00 bits per heavy atom. The van der Waals surface area contributed by atoms with Crippen molar-refractivity contribution >= 4 is 45.5 Å². The van der Waals surface area contributed by atoms with Crippen molar-refractivity contribution in [2.45, 2.75) is 6.92 Å². The Hall–Kier alpha value is -3.90. The zero-order valence-electron chi connectivity index (χ0n) is 16.4. The van der Waals surface area contributed by atoms with Crippen LogP contribution in [-0.4, -0.2) is 21.3 Å². The van der Waals surface area contributed by atoms with Crippen LogP contribution in [0.4, 0.5) is 5.69 Å². The van der Waals surface area contributed by atoms with Crippen LogP contribution in [0.5, 0.6) is 0 Å². The Bertz CT molecular complexity index is 1470. The summed E-state index contributed by atoms with van der Waals surface area (Å²) in [6, 6.07) is 19.7. The highest BCUT2D eigenvalue weighted by molar-refractivity contribution is 6.37. The van der Waals surface area contributed by atoms with Crippen molar-refractivity contribution in [2.24, 2.45) is 0 Å². The molecule has 0 unspecified atom stereocenters. The van der Waals surface area contributed by atoms with Gasteiger partial charge in [0.25, 0.3) is 5.91 Å². The molecule has 0 radical (unpaired) electrons. The molecule has 0 spiro atoms. The number of pyridine rings is 1. The summed E-state index contributed by atoms with van der Waals surface area (Å²) in [6.07, 6.45) is 1.71. The molecule has 6 nitrogen and oxygen atoms in total. The number of fused-ring (bicyclic) bond motifs is 2. The highest BCUT2D eigenvalue weighted by Crippen LogP contribution is 2.33. The summed E-state index contributed by atoms with van der Waals surface area (Å²) in [4.78, 5) is 26.3. The maximum atomic E-state index is 13.2. The van der Waals surface area contributed by atoms with Gasteiger partial charge in [-0.3, -0.25) is 9.59 Å². The Labute approximate surface area is 182 Å². The number of amides is 1. The van der Waals surface area contributed by atoms with Crippen molar-refractivity contribution in [3.8, 4) is 0 Å². The molecular weight excluding hydrogens is 414 g/mol. The van der Waals surface area contributed by atoms with E-state index in [4.69, 9.17) is 16.0 Å². The van der Waals surface area contributed by atoms with Gasteiger partial charge < -0.3 is 9.73 Å². The highest BCUT2D eigenvalue weighted by Gasteiger charge is 2.26. The predicted octanol–water partition coefficient (Wildman–Crippen LogP) is 5.53. The normalized spacial score (nSPS) is 11.2. The maximum Gasteiger partial charge on any atom is 0.277 e. The summed E-state index contributed by atoms with van der Waals surface area (Å²) in [6.45, 7) is 1.94. The lowest BCUT2D eigenvalue weighted by atomic mass is 10.1. The molecule has 0 aliphatic rings. The number of para-hydroxylation sites is 1. The Morgan fingerprint density at radius 2 is 1.74 bits per heavy atom. The van der Waals surface area contributed by atoms with E-state index < -0.39 is 5.91 Å². The van der Waals surface area contributed by atoms with Crippen molar-refractivity contribution in [1.82, 2.24) is 9.61 Å². The molecule has 0 bridgehead atoms. The van der Waals surface area contributed by atoms with Crippen LogP contribution in [0.15, 0.2) is 77.3 Å². The molecule has 5 rings (SSSR count). The predicted molar refractivity (Wildman–Crippen MR) is 119 cm³/mol. The molecule has 0 aliphatic heterocycles. The number of benzene rings is 2. The number of anilines is 1. The van der Waals surface area contributed by atoms with Crippen LogP contribution in [0.3, 0.4) is 0 Å². The first-order valence-corrected chi connectivity index (χ1v) is 9.98. The van der Waals surface area contributed by atoms with Gasteiger partial charge in [-0.15, -0.1) is 0 Å². The molecule has 3 heterocycles. The van der Waals surface area contributed by atoms with E-state index in [2.05, 4.69) is 10.4 Å². The van der Waals surface area contributed by atoms with Crippen LogP contribution >= 0.6 is 11.6 Å². The standard InChI is InChI=1S/C24H16ClN3O3/c1-14-9-11-15(12-10-14)22(29)23-20(16-6-2-3-8-18(16)31-23)26-24(30)21-19(25)17-7-4-5-13-28(17)27-21/h2-13H,1H3,(H,26,30). The minimum Gasteiger partial charge on any atom is -0.450 e. The quantitative estimate of drug-likeness (QED) is 0.381. The van der Waals surface area contributed by atoms with E-state index in [0.717, 1.165) is 5.56 Å². The van der Waals surface area contributed by atoms with E-state index >= 15 is 0 Å². The molecule has 1 N–H and O–H groups in total. The van der Waals surface area contributed by atoms with Gasteiger partial charge in [0.05, 0.1) is 16.2 Å². The first kappa shape index (κ1) is 19.1. The van der Waals surface area contributed by atoms with Crippen molar-refractivity contribution in [3.63, 3.8) is 0 Å². The molecule has 7 heteroatoms. The van der Waals surface area contributed by atoms with E-state index in [9.17, 15) is 9.59 Å². The number of rotatable bonds is 4. The van der Waals surface area contributed by atoms with Gasteiger partial charge >= 0.3 is 0 Å². The number of hydrogen-bond acceptors (Lipinski definition) is 4. The van der Waals surface area contributed by atoms with Crippen LogP contribution in [0.2, 0.25) is 5.02 Å². The number of hydrogen-bond donors (Lipinski definition) is 1. The molecule has 1 amide bonds. The lowest BCUT2D eigenvalue weighted by Crippen LogP contribution is -2.15. The van der Waals surface area contributed by atoms with E-state index in [1.807, 2.05) is 31.2 Å². The average molecular weight is 430 g/mol. The molecule has 152 valence electrons. The van der Waals surface area contributed by atoms with Gasteiger partial charge in [0.15, 0.2) is 11.5 Å². The first-order chi connectivity index (χ1) is 15.0. The maximum absolute atomic E-state index is 13.2. The number of aryl methyl sites for hydroxylation is 1. The second-order valence-electron chi connectivity index (χ2n) is 7.14. The number of nitrogens with zero attached hydrogens (tertiary/aromatic N) is 2. The number of furan rings is 1. The summed E-state index contributed by atoms with van der Waals surface area (Å²) in [5.41, 5.74) is 2.96. The number of halogens is 1. The second kappa shape index (κ2) is 7.41. The van der Waals surface area contributed by atoms with Gasteiger partial charge in [-0.05, 0) is 31.2 Å². The monoisotopic (exact) mass is 429 g/mol. The highest BCUT2D eigenvalue weighted by atomic mass is 35.5. The van der Waals surface area contributed by atoms with Crippen LogP contribution < -0.4 is 5.32 Å². The molecule has 2 aromatic carbocycles. The van der Waals surface area contributed by atoms with Crippen LogP contribution in [0, 0.1) is 6.92 Å². The largest absolute Gasteiger partial charge is 0.450 e. The van der Waals surface area contributed by atoms with Gasteiger partial charge in [-0.1, -0.05) is 59.6 Å². The van der Waals surface area contributed by atoms with Crippen molar-refractivity contribution in [3.05, 3.63) is 101 Å². The van der Waals surface area contributed by atoms with Gasteiger partial charge in [0.2, 0.25) is 5.78 Å². The fourth-order valence-electron chi connectivity index (χ4n) is 3.45. The smallest absolute Gasteiger partial charge is 0.277 e. The van der Waals surface area contributed by atoms with Crippen molar-refractivity contribution < 1.29 is 14.0 Å². The molecule has 5 aromatic rings. The van der Waals surface area contributed by atoms with E-state index in [-0.39, 0.29) is 22.3 Å². The third kappa shape index (κ3) is 3.27. The number of carbonyl (C=O) groups excluding carboxylic acids is 2. The number of nitrogens with one attached hydrogen (secondary N) is 1. The zero-order valence-corrected chi connectivity index (χ0v) is 17.2. The van der Waals surface area contributed by atoms with E-state index in [1.54, 1.807) is 48.7 Å². The van der Waals surface area contributed by atoms with E-state index in [0.29, 0.717) is 27.7 Å². The van der Waals surface area contributed by atoms with Crippen LogP contribution in [0.1, 0.15) is 32.2 Å². The summed E-state index contributed by atoms with van der Waals surface area (Å²) in [5.74, 6) is -0.802. The average Bonchev–Trinajstić information content (AvgIpc) is 3.32. The van der Waals surface area contributed by atoms with Crippen LogP contribution in [0.25, 0.3) is 16.5 Å². The lowest BCUT2D eigenvalue weighted by Gasteiger charge is -2.05. The van der Waals surface area contributed by atoms with Gasteiger partial charge in [0, 0.05) is 17.1 Å². The topological polar surface area (TPSA) is 76.6 Å². The van der Waals surface area contributed by atoms with Crippen molar-refractivity contribution in [1.29, 1.82) is 0 Å². The fourth-order valence-corrected chi connectivity index (χ4v) is 3.72. The molecule has 0 saturated carbocycles. The summed E-state index contributed by atoms with van der Waals surface area (Å²) in [7, 11) is 0. The Kier molecular flexibility index (Phi) is 4.56. The van der Waals surface area contributed by atoms with Gasteiger partial charge in [-0.25, -0.2) is 4.52 Å². The molecule has 0 aliphatic carbocycles. The molecule has 3 aromatic heterocycles. The third-order valence-electron chi connectivity index (χ3n) is 5.05. The van der Waals surface area contributed by atoms with Gasteiger partial charge in [0.1, 0.15) is 5.58 Å². The Balaban J connectivity index is 1.59. The van der Waals surface area contributed by atoms with Gasteiger partial charge in [-0.2, -0.15) is 5.10 Å². The zero-order chi connectivity index (χ0) is 21.5. The van der Waals surface area contributed by atoms with E-state index in [1.165, 1.54) is 4.52 Å². The molecule has 0 fully saturated rings. The minimum absolute atomic E-state index is 0.0540. The molecular formula is C24H16ClN3O3. The lowest BCUT2D eigenvalue weighted by molar-refractivity contribution is 0.101. The summed E-state index contributed by atoms with van der Waals surface area (Å²) < 4.78 is 7.38. The number of carbonyl (C=O) groups is 2. The third-order valence-corrected chi connectivity index (χ3v) is 5.42. The molecule has 0 saturated heterocycles. The first-order valence-electron chi connectivity index (χ1n) is 9.60.